The molecule has 0 unspecified atom stereocenters. The molecule has 0 spiro atoms. The summed E-state index contributed by atoms with van der Waals surface area (Å²) in [6.45, 7) is 6.23. The van der Waals surface area contributed by atoms with Gasteiger partial charge in [0.25, 0.3) is 0 Å². The summed E-state index contributed by atoms with van der Waals surface area (Å²) >= 11 is 0. The number of unbranched alkanes of at least 4 members (excludes halogenated alkanes) is 1. The average molecular weight is 488 g/mol. The number of carbonyl (C=O) groups is 2. The second-order valence-electron chi connectivity index (χ2n) is 8.28. The molecule has 0 aliphatic heterocycles. The normalized spacial score (nSPS) is 11.6. The largest absolute Gasteiger partial charge is 1.00 e. The molecular formula is C25H30KN5O3. The van der Waals surface area contributed by atoms with Gasteiger partial charge in [0.05, 0.1) is 7.11 Å². The van der Waals surface area contributed by atoms with Crippen LogP contribution in [0, 0.1) is 5.92 Å². The SMILES string of the molecule is CCCCC(=O)N(Cc1ccc(-c2ccccc2-c2nnn[n-]2)cc1)[C@H](C(=O)OC)C(C)C.[K+]. The third-order valence-electron chi connectivity index (χ3n) is 5.58. The monoisotopic (exact) mass is 487 g/mol. The predicted octanol–water partition coefficient (Wildman–Crippen LogP) is 0.883. The van der Waals surface area contributed by atoms with E-state index in [0.717, 1.165) is 35.1 Å². The number of carbonyl (C=O) groups excluding carboxylic acids is 2. The van der Waals surface area contributed by atoms with E-state index in [4.69, 9.17) is 4.74 Å². The number of aromatic nitrogens is 4. The minimum atomic E-state index is -0.630. The summed E-state index contributed by atoms with van der Waals surface area (Å²) in [7, 11) is 1.36. The van der Waals surface area contributed by atoms with E-state index < -0.39 is 12.0 Å². The van der Waals surface area contributed by atoms with Crippen LogP contribution in [0.2, 0.25) is 0 Å². The molecule has 0 radical (unpaired) electrons. The smallest absolute Gasteiger partial charge is 0.467 e. The van der Waals surface area contributed by atoms with Gasteiger partial charge < -0.3 is 14.7 Å². The molecule has 34 heavy (non-hydrogen) atoms. The Labute approximate surface area is 243 Å². The van der Waals surface area contributed by atoms with Crippen LogP contribution in [-0.4, -0.2) is 45.5 Å². The van der Waals surface area contributed by atoms with Crippen molar-refractivity contribution in [3.05, 3.63) is 54.1 Å². The Morgan fingerprint density at radius 1 is 1.06 bits per heavy atom. The van der Waals surface area contributed by atoms with Gasteiger partial charge in [-0.15, -0.1) is 0 Å². The zero-order valence-corrected chi connectivity index (χ0v) is 23.7. The quantitative estimate of drug-likeness (QED) is 0.309. The maximum absolute atomic E-state index is 13.0. The van der Waals surface area contributed by atoms with Crippen molar-refractivity contribution in [1.82, 2.24) is 25.5 Å². The maximum atomic E-state index is 13.0. The zero-order valence-electron chi connectivity index (χ0n) is 20.6. The number of benzene rings is 2. The molecule has 8 nitrogen and oxygen atoms in total. The summed E-state index contributed by atoms with van der Waals surface area (Å²) in [6, 6.07) is 15.1. The van der Waals surface area contributed by atoms with E-state index >= 15 is 0 Å². The van der Waals surface area contributed by atoms with Crippen LogP contribution in [0.3, 0.4) is 0 Å². The molecule has 1 atom stereocenters. The first-order chi connectivity index (χ1) is 16.0. The molecule has 1 amide bonds. The molecule has 0 saturated heterocycles. The third-order valence-corrected chi connectivity index (χ3v) is 5.58. The second-order valence-corrected chi connectivity index (χ2v) is 8.28. The Kier molecular flexibility index (Phi) is 11.5. The fraction of sp³-hybridized carbons (Fsp3) is 0.400. The number of ether oxygens (including phenoxy) is 1. The molecule has 3 rings (SSSR count). The van der Waals surface area contributed by atoms with E-state index in [2.05, 4.69) is 20.6 Å². The maximum Gasteiger partial charge on any atom is 1.00 e. The van der Waals surface area contributed by atoms with Gasteiger partial charge in [0.2, 0.25) is 5.91 Å². The zero-order chi connectivity index (χ0) is 23.8. The molecular weight excluding hydrogens is 457 g/mol. The van der Waals surface area contributed by atoms with E-state index in [1.165, 1.54) is 7.11 Å². The Hall–Kier alpha value is -1.91. The minimum Gasteiger partial charge on any atom is -0.467 e. The third kappa shape index (κ3) is 7.05. The summed E-state index contributed by atoms with van der Waals surface area (Å²) in [5, 5.41) is 15.1. The number of methoxy groups -OCH3 is 1. The first kappa shape index (κ1) is 28.3. The van der Waals surface area contributed by atoms with Crippen LogP contribution < -0.4 is 56.5 Å². The van der Waals surface area contributed by atoms with E-state index in [9.17, 15) is 9.59 Å². The number of rotatable bonds is 10. The van der Waals surface area contributed by atoms with Crippen molar-refractivity contribution in [3.8, 4) is 22.5 Å². The Morgan fingerprint density at radius 3 is 2.29 bits per heavy atom. The molecule has 174 valence electrons. The van der Waals surface area contributed by atoms with Gasteiger partial charge in [0, 0.05) is 18.8 Å². The van der Waals surface area contributed by atoms with Crippen molar-refractivity contribution in [2.75, 3.05) is 7.11 Å². The number of hydrogen-bond acceptors (Lipinski definition) is 6. The van der Waals surface area contributed by atoms with Gasteiger partial charge in [0.15, 0.2) is 0 Å². The Balaban J connectivity index is 0.00000408. The topological polar surface area (TPSA) is 99.4 Å². The molecule has 0 aliphatic rings. The van der Waals surface area contributed by atoms with Gasteiger partial charge in [-0.1, -0.05) is 75.7 Å². The van der Waals surface area contributed by atoms with E-state index in [1.807, 2.05) is 69.3 Å². The van der Waals surface area contributed by atoms with Crippen LogP contribution in [-0.2, 0) is 20.9 Å². The number of hydrogen-bond donors (Lipinski definition) is 0. The van der Waals surface area contributed by atoms with E-state index in [-0.39, 0.29) is 63.2 Å². The van der Waals surface area contributed by atoms with Crippen molar-refractivity contribution >= 4 is 11.9 Å². The number of tetrazole rings is 1. The van der Waals surface area contributed by atoms with Gasteiger partial charge in [-0.2, -0.15) is 5.21 Å². The average Bonchev–Trinajstić information content (AvgIpc) is 3.37. The summed E-state index contributed by atoms with van der Waals surface area (Å²) in [5.41, 5.74) is 3.72. The second kappa shape index (κ2) is 13.8. The summed E-state index contributed by atoms with van der Waals surface area (Å²) in [4.78, 5) is 27.2. The Bertz CT molecular complexity index is 1050. The van der Waals surface area contributed by atoms with Crippen molar-refractivity contribution in [3.63, 3.8) is 0 Å². The van der Waals surface area contributed by atoms with E-state index in [0.29, 0.717) is 18.8 Å². The van der Waals surface area contributed by atoms with Gasteiger partial charge in [-0.3, -0.25) is 15.1 Å². The van der Waals surface area contributed by atoms with Crippen LogP contribution in [0.25, 0.3) is 22.5 Å². The molecule has 0 aliphatic carbocycles. The summed E-state index contributed by atoms with van der Waals surface area (Å²) < 4.78 is 5.02. The van der Waals surface area contributed by atoms with Gasteiger partial charge >= 0.3 is 57.4 Å². The van der Waals surface area contributed by atoms with Crippen LogP contribution in [0.5, 0.6) is 0 Å². The fourth-order valence-corrected chi connectivity index (χ4v) is 3.86. The van der Waals surface area contributed by atoms with E-state index in [1.54, 1.807) is 4.90 Å². The number of amides is 1. The molecule has 3 aromatic rings. The van der Waals surface area contributed by atoms with Crippen LogP contribution in [0.4, 0.5) is 0 Å². The van der Waals surface area contributed by atoms with Crippen molar-refractivity contribution in [1.29, 1.82) is 0 Å². The van der Waals surface area contributed by atoms with Crippen LogP contribution in [0.1, 0.15) is 45.6 Å². The summed E-state index contributed by atoms with van der Waals surface area (Å²) in [5.74, 6) is -0.0257. The molecule has 2 aromatic carbocycles. The van der Waals surface area contributed by atoms with Crippen LogP contribution >= 0.6 is 0 Å². The summed E-state index contributed by atoms with van der Waals surface area (Å²) in [6.07, 6.45) is 2.10. The first-order valence-electron chi connectivity index (χ1n) is 11.2. The number of nitrogens with zero attached hydrogens (tertiary/aromatic N) is 5. The Morgan fingerprint density at radius 2 is 1.74 bits per heavy atom. The van der Waals surface area contributed by atoms with Crippen molar-refractivity contribution in [2.45, 2.75) is 52.6 Å². The fourth-order valence-electron chi connectivity index (χ4n) is 3.86. The number of esters is 1. The molecule has 0 saturated carbocycles. The minimum absolute atomic E-state index is 0. The van der Waals surface area contributed by atoms with Gasteiger partial charge in [0.1, 0.15) is 6.04 Å². The molecule has 0 N–H and O–H groups in total. The molecule has 9 heteroatoms. The van der Waals surface area contributed by atoms with Crippen molar-refractivity contribution in [2.24, 2.45) is 5.92 Å². The first-order valence-corrected chi connectivity index (χ1v) is 11.2. The van der Waals surface area contributed by atoms with Crippen molar-refractivity contribution < 1.29 is 65.7 Å². The van der Waals surface area contributed by atoms with Gasteiger partial charge in [-0.05, 0) is 34.6 Å². The standard InChI is InChI=1S/C25H30N5O3.K/c1-5-6-11-22(31)30(23(17(2)3)25(32)33-4)16-18-12-14-19(15-13-18)20-9-7-8-10-21(20)24-26-28-29-27-24;/h7-10,12-15,17,23H,5-6,11,16H2,1-4H3;/q-1;+1/t23-;/m0./s1. The molecule has 1 aromatic heterocycles. The molecule has 0 fully saturated rings. The molecule has 0 bridgehead atoms. The van der Waals surface area contributed by atoms with Gasteiger partial charge in [-0.25, -0.2) is 4.79 Å². The van der Waals surface area contributed by atoms with Crippen LogP contribution in [0.15, 0.2) is 48.5 Å². The predicted molar refractivity (Wildman–Crippen MR) is 125 cm³/mol. The molecule has 1 heterocycles.